The summed E-state index contributed by atoms with van der Waals surface area (Å²) < 4.78 is 104. The van der Waals surface area contributed by atoms with E-state index in [-0.39, 0.29) is 23.6 Å². The van der Waals surface area contributed by atoms with Crippen LogP contribution < -0.4 is 0 Å². The lowest BCUT2D eigenvalue weighted by atomic mass is 10.0. The smallest absolute Gasteiger partial charge is 0.391 e. The molecule has 0 fully saturated rings. The summed E-state index contributed by atoms with van der Waals surface area (Å²) in [6.07, 6.45) is -6.01. The Balaban J connectivity index is 3.51. The molecule has 0 spiro atoms. The molecule has 0 aliphatic carbocycles. The van der Waals surface area contributed by atoms with E-state index in [1.54, 1.807) is 25.1 Å². The maximum atomic E-state index is 13.8. The average Bonchev–Trinajstić information content (AvgIpc) is 2.63. The normalized spacial score (nSPS) is 13.3. The quantitative estimate of drug-likeness (QED) is 0.294. The summed E-state index contributed by atoms with van der Waals surface area (Å²) in [5.74, 6) is -15.6. The van der Waals surface area contributed by atoms with Gasteiger partial charge in [0.15, 0.2) is 5.83 Å². The molecule has 0 radical (unpaired) electrons. The van der Waals surface area contributed by atoms with Crippen LogP contribution in [-0.2, 0) is 0 Å². The van der Waals surface area contributed by atoms with Crippen molar-refractivity contribution in [3.8, 4) is 0 Å². The number of unbranched alkanes of at least 4 members (excludes halogenated alkanes) is 1. The van der Waals surface area contributed by atoms with Gasteiger partial charge in [0.05, 0.1) is 6.61 Å². The Morgan fingerprint density at radius 2 is 1.61 bits per heavy atom. The van der Waals surface area contributed by atoms with Crippen LogP contribution in [0.4, 0.5) is 35.1 Å². The molecule has 1 aromatic rings. The van der Waals surface area contributed by atoms with Gasteiger partial charge in [-0.3, -0.25) is 0 Å². The molecule has 0 aliphatic rings. The van der Waals surface area contributed by atoms with Crippen LogP contribution in [0.5, 0.6) is 0 Å². The molecule has 0 aromatic heterocycles. The molecular weight excluding hydrogens is 396 g/mol. The topological polar surface area (TPSA) is 20.2 Å². The molecule has 0 aliphatic heterocycles. The van der Waals surface area contributed by atoms with Crippen molar-refractivity contribution in [2.45, 2.75) is 44.2 Å². The molecular formula is C19H18F8O. The molecule has 1 rings (SSSR count). The highest BCUT2D eigenvalue weighted by atomic mass is 19.4. The average molecular weight is 414 g/mol. The van der Waals surface area contributed by atoms with Crippen molar-refractivity contribution in [3.63, 3.8) is 0 Å². The first-order chi connectivity index (χ1) is 12.9. The van der Waals surface area contributed by atoms with Gasteiger partial charge in [0, 0.05) is 5.57 Å². The fraction of sp³-hybridized carbons (Fsp3) is 0.421. The second kappa shape index (κ2) is 9.39. The van der Waals surface area contributed by atoms with E-state index in [1.807, 2.05) is 0 Å². The zero-order chi connectivity index (χ0) is 21.6. The molecule has 0 saturated carbocycles. The number of benzene rings is 1. The summed E-state index contributed by atoms with van der Waals surface area (Å²) in [5.41, 5.74) is 2.53. The first-order valence-electron chi connectivity index (χ1n) is 8.23. The van der Waals surface area contributed by atoms with E-state index in [9.17, 15) is 40.2 Å². The van der Waals surface area contributed by atoms with Crippen LogP contribution in [0.2, 0.25) is 0 Å². The number of rotatable bonds is 8. The van der Waals surface area contributed by atoms with Crippen molar-refractivity contribution in [3.05, 3.63) is 59.1 Å². The molecule has 9 heteroatoms. The summed E-state index contributed by atoms with van der Waals surface area (Å²) in [5, 5.41) is 9.44. The van der Waals surface area contributed by atoms with Crippen molar-refractivity contribution in [1.29, 1.82) is 0 Å². The summed E-state index contributed by atoms with van der Waals surface area (Å²) >= 11 is 0. The predicted molar refractivity (Wildman–Crippen MR) is 88.6 cm³/mol. The van der Waals surface area contributed by atoms with Gasteiger partial charge in [0.25, 0.3) is 0 Å². The third-order valence-corrected chi connectivity index (χ3v) is 3.74. The molecule has 0 bridgehead atoms. The van der Waals surface area contributed by atoms with Gasteiger partial charge in [-0.15, -0.1) is 5.73 Å². The lowest BCUT2D eigenvalue weighted by molar-refractivity contribution is -0.347. The fourth-order valence-electron chi connectivity index (χ4n) is 2.15. The second-order valence-corrected chi connectivity index (χ2v) is 5.90. The number of allylic oxidation sites excluding steroid dienone is 2. The number of hydrogen-bond acceptors (Lipinski definition) is 1. The van der Waals surface area contributed by atoms with E-state index in [0.29, 0.717) is 18.4 Å². The molecule has 1 N–H and O–H groups in total. The highest BCUT2D eigenvalue weighted by Gasteiger charge is 2.74. The lowest BCUT2D eigenvalue weighted by Crippen LogP contribution is -2.52. The Hall–Kier alpha value is -2.12. The maximum absolute atomic E-state index is 13.8. The van der Waals surface area contributed by atoms with E-state index in [2.05, 4.69) is 5.73 Å². The standard InChI is InChI=1S/C19H18F8O/c1-2-3-7-13(10-15(12-28)14-8-5-4-6-9-14)11-16(20)17(21,22)18(23,24)19(25,26)27/h4-6,8-9,11,28H,2-3,7,12H2,1H3/b16-11-. The van der Waals surface area contributed by atoms with Crippen LogP contribution in [-0.4, -0.2) is 29.7 Å². The minimum absolute atomic E-state index is 0.0432. The van der Waals surface area contributed by atoms with Crippen LogP contribution in [0.3, 0.4) is 0 Å². The van der Waals surface area contributed by atoms with E-state index >= 15 is 0 Å². The van der Waals surface area contributed by atoms with Crippen LogP contribution in [0.1, 0.15) is 31.7 Å². The molecule has 0 unspecified atom stereocenters. The fourth-order valence-corrected chi connectivity index (χ4v) is 2.15. The number of hydrogen-bond donors (Lipinski definition) is 1. The summed E-state index contributed by atoms with van der Waals surface area (Å²) in [6, 6.07) is 7.89. The van der Waals surface area contributed by atoms with Gasteiger partial charge in [-0.05, 0) is 30.1 Å². The zero-order valence-corrected chi connectivity index (χ0v) is 14.8. The Kier molecular flexibility index (Phi) is 8.02. The molecule has 0 atom stereocenters. The molecule has 0 saturated heterocycles. The molecule has 0 heterocycles. The Bertz CT molecular complexity index is 741. The van der Waals surface area contributed by atoms with E-state index in [1.165, 1.54) is 12.1 Å². The summed E-state index contributed by atoms with van der Waals surface area (Å²) in [7, 11) is 0. The molecule has 1 aromatic carbocycles. The van der Waals surface area contributed by atoms with Gasteiger partial charge in [-0.2, -0.15) is 30.7 Å². The number of aliphatic hydroxyl groups excluding tert-OH is 1. The van der Waals surface area contributed by atoms with Crippen LogP contribution in [0.15, 0.2) is 53.5 Å². The van der Waals surface area contributed by atoms with Gasteiger partial charge >= 0.3 is 18.0 Å². The van der Waals surface area contributed by atoms with E-state index < -0.39 is 30.5 Å². The van der Waals surface area contributed by atoms with Gasteiger partial charge in [-0.25, -0.2) is 4.39 Å². The van der Waals surface area contributed by atoms with Crippen molar-refractivity contribution in [2.24, 2.45) is 0 Å². The van der Waals surface area contributed by atoms with Gasteiger partial charge in [0.2, 0.25) is 0 Å². The third kappa shape index (κ3) is 5.45. The monoisotopic (exact) mass is 414 g/mol. The van der Waals surface area contributed by atoms with Gasteiger partial charge in [-0.1, -0.05) is 43.7 Å². The highest BCUT2D eigenvalue weighted by molar-refractivity contribution is 5.66. The Morgan fingerprint density at radius 3 is 2.07 bits per heavy atom. The van der Waals surface area contributed by atoms with Gasteiger partial charge < -0.3 is 5.11 Å². The summed E-state index contributed by atoms with van der Waals surface area (Å²) in [6.45, 7) is 1.07. The van der Waals surface area contributed by atoms with Crippen molar-refractivity contribution >= 4 is 5.57 Å². The van der Waals surface area contributed by atoms with Crippen LogP contribution >= 0.6 is 0 Å². The molecule has 1 nitrogen and oxygen atoms in total. The van der Waals surface area contributed by atoms with Crippen molar-refractivity contribution < 1.29 is 40.2 Å². The summed E-state index contributed by atoms with van der Waals surface area (Å²) in [4.78, 5) is 0. The molecule has 28 heavy (non-hydrogen) atoms. The predicted octanol–water partition coefficient (Wildman–Crippen LogP) is 6.46. The largest absolute Gasteiger partial charge is 0.460 e. The highest BCUT2D eigenvalue weighted by Crippen LogP contribution is 2.50. The third-order valence-electron chi connectivity index (χ3n) is 3.74. The minimum Gasteiger partial charge on any atom is -0.391 e. The second-order valence-electron chi connectivity index (χ2n) is 5.90. The van der Waals surface area contributed by atoms with Crippen LogP contribution in [0.25, 0.3) is 5.57 Å². The van der Waals surface area contributed by atoms with Crippen LogP contribution in [0, 0.1) is 0 Å². The minimum atomic E-state index is -6.63. The van der Waals surface area contributed by atoms with E-state index in [0.717, 1.165) is 0 Å². The first-order valence-corrected chi connectivity index (χ1v) is 8.23. The number of alkyl halides is 7. The SMILES string of the molecule is CCCCC(=C=C(CO)c1ccccc1)/C=C(\F)C(F)(F)C(F)(F)C(F)(F)F. The van der Waals surface area contributed by atoms with E-state index in [4.69, 9.17) is 0 Å². The Morgan fingerprint density at radius 1 is 1.04 bits per heavy atom. The van der Waals surface area contributed by atoms with Crippen molar-refractivity contribution in [2.75, 3.05) is 6.61 Å². The zero-order valence-electron chi connectivity index (χ0n) is 14.8. The number of aliphatic hydroxyl groups is 1. The maximum Gasteiger partial charge on any atom is 0.460 e. The first kappa shape index (κ1) is 23.9. The van der Waals surface area contributed by atoms with Gasteiger partial charge in [0.1, 0.15) is 0 Å². The lowest BCUT2D eigenvalue weighted by Gasteiger charge is -2.27. The Labute approximate surface area is 156 Å². The number of halogens is 8. The van der Waals surface area contributed by atoms with Crippen molar-refractivity contribution in [1.82, 2.24) is 0 Å². The molecule has 0 amide bonds. The molecule has 156 valence electrons.